The fraction of sp³-hybridized carbons (Fsp3) is 0.440. The molecule has 3 aromatic rings. The summed E-state index contributed by atoms with van der Waals surface area (Å²) in [5.41, 5.74) is 3.68. The topological polar surface area (TPSA) is 59.4 Å². The molecular formula is C25H27ClN4O2. The lowest BCUT2D eigenvalue weighted by atomic mass is 9.87. The molecule has 166 valence electrons. The van der Waals surface area contributed by atoms with E-state index >= 15 is 0 Å². The molecule has 0 bridgehead atoms. The summed E-state index contributed by atoms with van der Waals surface area (Å²) in [5, 5.41) is 5.22. The zero-order valence-corrected chi connectivity index (χ0v) is 18.8. The molecule has 1 spiro atoms. The van der Waals surface area contributed by atoms with Crippen LogP contribution in [0.2, 0.25) is 5.02 Å². The van der Waals surface area contributed by atoms with Gasteiger partial charge < -0.3 is 19.5 Å². The maximum Gasteiger partial charge on any atom is 0.256 e. The van der Waals surface area contributed by atoms with Crippen molar-refractivity contribution in [3.05, 3.63) is 64.6 Å². The number of carbonyl (C=O) groups is 1. The van der Waals surface area contributed by atoms with Crippen molar-refractivity contribution in [2.75, 3.05) is 19.6 Å². The molecule has 3 aliphatic rings. The lowest BCUT2D eigenvalue weighted by Gasteiger charge is -2.38. The maximum absolute atomic E-state index is 13.6. The fourth-order valence-electron chi connectivity index (χ4n) is 5.61. The van der Waals surface area contributed by atoms with Crippen molar-refractivity contribution in [3.63, 3.8) is 0 Å². The summed E-state index contributed by atoms with van der Waals surface area (Å²) < 4.78 is 8.42. The number of carbonyl (C=O) groups excluding carboxylic acids is 1. The van der Waals surface area contributed by atoms with E-state index in [9.17, 15) is 4.79 Å². The molecule has 2 saturated heterocycles. The van der Waals surface area contributed by atoms with Crippen molar-refractivity contribution in [1.82, 2.24) is 19.8 Å². The molecule has 6 nitrogen and oxygen atoms in total. The predicted octanol–water partition coefficient (Wildman–Crippen LogP) is 4.10. The van der Waals surface area contributed by atoms with Gasteiger partial charge in [-0.15, -0.1) is 0 Å². The van der Waals surface area contributed by atoms with Crippen molar-refractivity contribution in [2.45, 2.75) is 50.5 Å². The van der Waals surface area contributed by atoms with Gasteiger partial charge in [-0.1, -0.05) is 23.7 Å². The summed E-state index contributed by atoms with van der Waals surface area (Å²) in [6.45, 7) is 3.86. The van der Waals surface area contributed by atoms with Crippen LogP contribution in [0.1, 0.15) is 47.3 Å². The van der Waals surface area contributed by atoms with Crippen LogP contribution in [0.15, 0.2) is 42.7 Å². The summed E-state index contributed by atoms with van der Waals surface area (Å²) in [4.78, 5) is 20.2. The fourth-order valence-corrected chi connectivity index (χ4v) is 5.77. The molecule has 32 heavy (non-hydrogen) atoms. The van der Waals surface area contributed by atoms with E-state index < -0.39 is 0 Å². The Balaban J connectivity index is 1.26. The molecule has 2 aromatic heterocycles. The van der Waals surface area contributed by atoms with Gasteiger partial charge in [-0.3, -0.25) is 9.78 Å². The van der Waals surface area contributed by atoms with Crippen LogP contribution in [-0.4, -0.2) is 46.0 Å². The van der Waals surface area contributed by atoms with Gasteiger partial charge in [0, 0.05) is 54.0 Å². The lowest BCUT2D eigenvalue weighted by molar-refractivity contribution is -0.0762. The van der Waals surface area contributed by atoms with Gasteiger partial charge in [0.2, 0.25) is 0 Å². The van der Waals surface area contributed by atoms with Gasteiger partial charge in [0.1, 0.15) is 5.60 Å². The Bertz CT molecular complexity index is 1180. The van der Waals surface area contributed by atoms with Crippen LogP contribution in [0.5, 0.6) is 0 Å². The van der Waals surface area contributed by atoms with Crippen LogP contribution in [0, 0.1) is 0 Å². The standard InChI is InChI=1S/C25H27ClN4O2/c26-18-5-6-20-21(15-30(22(20)13-18)14-19-4-2-9-27-19)24(31)29-11-7-25(8-12-29)23-17(16-32-25)3-1-10-28-23/h1,3,5-6,10,13,15,19,27H,2,4,7-9,11-12,14,16H2. The highest BCUT2D eigenvalue weighted by Crippen LogP contribution is 2.43. The summed E-state index contributed by atoms with van der Waals surface area (Å²) in [6.07, 6.45) is 7.78. The number of nitrogens with one attached hydrogen (secondary N) is 1. The van der Waals surface area contributed by atoms with Gasteiger partial charge >= 0.3 is 0 Å². The first-order chi connectivity index (χ1) is 15.6. The van der Waals surface area contributed by atoms with Gasteiger partial charge in [0.05, 0.1) is 23.4 Å². The summed E-state index contributed by atoms with van der Waals surface area (Å²) >= 11 is 6.31. The average molecular weight is 451 g/mol. The molecule has 5 heterocycles. The molecule has 7 heteroatoms. The van der Waals surface area contributed by atoms with Crippen LogP contribution in [0.4, 0.5) is 0 Å². The number of nitrogens with zero attached hydrogens (tertiary/aromatic N) is 3. The van der Waals surface area contributed by atoms with Crippen molar-refractivity contribution in [1.29, 1.82) is 0 Å². The SMILES string of the molecule is O=C(c1cn(CC2CCCN2)c2cc(Cl)ccc12)N1CCC2(CC1)OCc1cccnc12. The van der Waals surface area contributed by atoms with Crippen LogP contribution in [-0.2, 0) is 23.5 Å². The molecule has 1 atom stereocenters. The second-order valence-corrected chi connectivity index (χ2v) is 9.67. The molecule has 2 fully saturated rings. The molecular weight excluding hydrogens is 424 g/mol. The van der Waals surface area contributed by atoms with E-state index in [4.69, 9.17) is 16.3 Å². The highest BCUT2D eigenvalue weighted by Gasteiger charge is 2.44. The second-order valence-electron chi connectivity index (χ2n) is 9.24. The summed E-state index contributed by atoms with van der Waals surface area (Å²) in [5.74, 6) is 0.0875. The Morgan fingerprint density at radius 3 is 2.97 bits per heavy atom. The van der Waals surface area contributed by atoms with Crippen LogP contribution in [0.3, 0.4) is 0 Å². The lowest BCUT2D eigenvalue weighted by Crippen LogP contribution is -2.45. The van der Waals surface area contributed by atoms with E-state index in [0.29, 0.717) is 30.8 Å². The average Bonchev–Trinajstić information content (AvgIpc) is 3.54. The smallest absolute Gasteiger partial charge is 0.256 e. The highest BCUT2D eigenvalue weighted by atomic mass is 35.5. The van der Waals surface area contributed by atoms with E-state index in [0.717, 1.165) is 54.5 Å². The third kappa shape index (κ3) is 3.33. The first-order valence-electron chi connectivity index (χ1n) is 11.5. The molecule has 1 unspecified atom stereocenters. The quantitative estimate of drug-likeness (QED) is 0.652. The van der Waals surface area contributed by atoms with Crippen LogP contribution in [0.25, 0.3) is 10.9 Å². The number of fused-ring (bicyclic) bond motifs is 3. The van der Waals surface area contributed by atoms with Crippen molar-refractivity contribution < 1.29 is 9.53 Å². The first-order valence-corrected chi connectivity index (χ1v) is 11.9. The number of likely N-dealkylation sites (tertiary alicyclic amines) is 1. The molecule has 0 saturated carbocycles. The number of amides is 1. The minimum Gasteiger partial charge on any atom is -0.364 e. The molecule has 1 amide bonds. The van der Waals surface area contributed by atoms with E-state index in [-0.39, 0.29) is 11.5 Å². The second kappa shape index (κ2) is 7.87. The van der Waals surface area contributed by atoms with Gasteiger partial charge in [-0.05, 0) is 50.4 Å². The van der Waals surface area contributed by atoms with Crippen molar-refractivity contribution >= 4 is 28.4 Å². The number of piperidine rings is 1. The van der Waals surface area contributed by atoms with Gasteiger partial charge in [-0.2, -0.15) is 0 Å². The number of ether oxygens (including phenoxy) is 1. The van der Waals surface area contributed by atoms with Crippen molar-refractivity contribution in [2.24, 2.45) is 0 Å². The van der Waals surface area contributed by atoms with E-state index in [2.05, 4.69) is 20.9 Å². The van der Waals surface area contributed by atoms with Crippen molar-refractivity contribution in [3.8, 4) is 0 Å². The Morgan fingerprint density at radius 2 is 2.16 bits per heavy atom. The minimum absolute atomic E-state index is 0.0875. The first kappa shape index (κ1) is 20.2. The number of aromatic nitrogens is 2. The monoisotopic (exact) mass is 450 g/mol. The third-order valence-corrected chi connectivity index (χ3v) is 7.57. The maximum atomic E-state index is 13.6. The Hall–Kier alpha value is -2.41. The Labute approximate surface area is 192 Å². The highest BCUT2D eigenvalue weighted by molar-refractivity contribution is 6.31. The van der Waals surface area contributed by atoms with Gasteiger partial charge in [-0.25, -0.2) is 0 Å². The third-order valence-electron chi connectivity index (χ3n) is 7.34. The number of halogens is 1. The van der Waals surface area contributed by atoms with Gasteiger partial charge in [0.15, 0.2) is 0 Å². The van der Waals surface area contributed by atoms with E-state index in [1.807, 2.05) is 41.6 Å². The van der Waals surface area contributed by atoms with E-state index in [1.165, 1.54) is 12.0 Å². The minimum atomic E-state index is -0.344. The molecule has 6 rings (SSSR count). The number of benzene rings is 1. The number of pyridine rings is 1. The zero-order valence-electron chi connectivity index (χ0n) is 18.0. The predicted molar refractivity (Wildman–Crippen MR) is 124 cm³/mol. The number of hydrogen-bond donors (Lipinski definition) is 1. The normalized spacial score (nSPS) is 22.0. The molecule has 0 radical (unpaired) electrons. The molecule has 3 aliphatic heterocycles. The summed E-state index contributed by atoms with van der Waals surface area (Å²) in [7, 11) is 0. The Morgan fingerprint density at radius 1 is 1.28 bits per heavy atom. The molecule has 1 N–H and O–H groups in total. The van der Waals surface area contributed by atoms with E-state index in [1.54, 1.807) is 0 Å². The summed E-state index contributed by atoms with van der Waals surface area (Å²) in [6, 6.07) is 10.3. The van der Waals surface area contributed by atoms with Crippen LogP contribution < -0.4 is 5.32 Å². The largest absolute Gasteiger partial charge is 0.364 e. The zero-order chi connectivity index (χ0) is 21.7. The molecule has 1 aromatic carbocycles. The number of rotatable bonds is 3. The number of hydrogen-bond acceptors (Lipinski definition) is 4. The van der Waals surface area contributed by atoms with Crippen LogP contribution >= 0.6 is 11.6 Å². The Kier molecular flexibility index (Phi) is 4.97. The molecule has 0 aliphatic carbocycles. The van der Waals surface area contributed by atoms with Gasteiger partial charge in [0.25, 0.3) is 5.91 Å².